The molecule has 1 aliphatic heterocycles. The molecule has 7 nitrogen and oxygen atoms in total. The van der Waals surface area contributed by atoms with Crippen LogP contribution in [0.5, 0.6) is 0 Å². The predicted octanol–water partition coefficient (Wildman–Crippen LogP) is 5.93. The lowest BCUT2D eigenvalue weighted by Crippen LogP contribution is -2.47. The van der Waals surface area contributed by atoms with E-state index in [0.717, 1.165) is 39.1 Å². The first kappa shape index (κ1) is 29.2. The Morgan fingerprint density at radius 1 is 0.952 bits per heavy atom. The quantitative estimate of drug-likeness (QED) is 0.244. The minimum atomic E-state index is -4.61. The highest BCUT2D eigenvalue weighted by Crippen LogP contribution is 2.35. The predicted molar refractivity (Wildman–Crippen MR) is 153 cm³/mol. The minimum absolute atomic E-state index is 0.0458. The average molecular weight is 595 g/mol. The first-order valence-electron chi connectivity index (χ1n) is 13.6. The molecule has 3 amide bonds. The zero-order chi connectivity index (χ0) is 30.2. The summed E-state index contributed by atoms with van der Waals surface area (Å²) in [5.74, 6) is -1.59. The molecule has 5 rings (SSSR count). The van der Waals surface area contributed by atoms with Crippen molar-refractivity contribution in [3.05, 3.63) is 98.4 Å². The molecule has 0 saturated carbocycles. The Kier molecular flexibility index (Phi) is 8.05. The molecule has 1 atom stereocenters. The van der Waals surface area contributed by atoms with Gasteiger partial charge in [-0.15, -0.1) is 11.3 Å². The number of rotatable bonds is 9. The Labute approximate surface area is 245 Å². The standard InChI is InChI=1S/C31H29F3N4O3S/c1-4-18-16-35-37(3)27(18)23-15-26(42-25(23)5-2)28(39)36-20(14-19-10-6-9-13-24(19)31(32,33)34)17-38-29(40)21-11-7-8-12-22(21)30(38)41/h6-13,15-16,20H,4-5,14,17H2,1-3H3,(H,36,39)/t20-/m0/s1. The van der Waals surface area contributed by atoms with Gasteiger partial charge in [-0.3, -0.25) is 24.0 Å². The number of nitrogens with zero attached hydrogens (tertiary/aromatic N) is 3. The molecular weight excluding hydrogens is 565 g/mol. The van der Waals surface area contributed by atoms with E-state index in [-0.39, 0.29) is 29.7 Å². The highest BCUT2D eigenvalue weighted by Gasteiger charge is 2.38. The van der Waals surface area contributed by atoms with Crippen LogP contribution in [0.2, 0.25) is 0 Å². The molecule has 42 heavy (non-hydrogen) atoms. The maximum atomic E-state index is 13.8. The third kappa shape index (κ3) is 5.48. The second-order valence-electron chi connectivity index (χ2n) is 10.1. The molecule has 0 saturated heterocycles. The lowest BCUT2D eigenvalue weighted by atomic mass is 9.99. The molecule has 11 heteroatoms. The van der Waals surface area contributed by atoms with Gasteiger partial charge in [-0.1, -0.05) is 44.2 Å². The van der Waals surface area contributed by atoms with E-state index in [4.69, 9.17) is 0 Å². The lowest BCUT2D eigenvalue weighted by molar-refractivity contribution is -0.138. The number of alkyl halides is 3. The summed E-state index contributed by atoms with van der Waals surface area (Å²) in [6.07, 6.45) is -1.64. The van der Waals surface area contributed by atoms with Crippen LogP contribution in [0.25, 0.3) is 11.3 Å². The number of amides is 3. The molecule has 0 unspecified atom stereocenters. The van der Waals surface area contributed by atoms with Gasteiger partial charge in [0.25, 0.3) is 17.7 Å². The van der Waals surface area contributed by atoms with E-state index >= 15 is 0 Å². The van der Waals surface area contributed by atoms with E-state index < -0.39 is 35.5 Å². The number of aryl methyl sites for hydroxylation is 3. The average Bonchev–Trinajstić information content (AvgIpc) is 3.63. The molecule has 1 N–H and O–H groups in total. The molecule has 0 spiro atoms. The summed E-state index contributed by atoms with van der Waals surface area (Å²) in [6.45, 7) is 3.72. The van der Waals surface area contributed by atoms with E-state index in [1.165, 1.54) is 41.7 Å². The molecule has 218 valence electrons. The van der Waals surface area contributed by atoms with Crippen molar-refractivity contribution in [2.75, 3.05) is 6.54 Å². The maximum Gasteiger partial charge on any atom is 0.416 e. The summed E-state index contributed by atoms with van der Waals surface area (Å²) < 4.78 is 43.3. The van der Waals surface area contributed by atoms with Crippen LogP contribution in [-0.4, -0.2) is 45.0 Å². The van der Waals surface area contributed by atoms with Crippen LogP contribution in [0.3, 0.4) is 0 Å². The van der Waals surface area contributed by atoms with Crippen LogP contribution in [-0.2, 0) is 32.5 Å². The molecule has 4 aromatic rings. The molecule has 2 aromatic carbocycles. The van der Waals surface area contributed by atoms with Gasteiger partial charge in [0.15, 0.2) is 0 Å². The van der Waals surface area contributed by atoms with Gasteiger partial charge in [-0.2, -0.15) is 18.3 Å². The monoisotopic (exact) mass is 594 g/mol. The van der Waals surface area contributed by atoms with Crippen LogP contribution in [0.15, 0.2) is 60.8 Å². The van der Waals surface area contributed by atoms with E-state index in [0.29, 0.717) is 11.3 Å². The number of imide groups is 1. The SMILES string of the molecule is CCc1cnn(C)c1-c1cc(C(=O)N[C@@H](Cc2ccccc2C(F)(F)F)CN2C(=O)c3ccccc3C2=O)sc1CC. The fourth-order valence-corrected chi connectivity index (χ4v) is 6.38. The fourth-order valence-electron chi connectivity index (χ4n) is 5.38. The number of benzene rings is 2. The van der Waals surface area contributed by atoms with Crippen molar-refractivity contribution in [3.63, 3.8) is 0 Å². The number of hydrogen-bond donors (Lipinski definition) is 1. The topological polar surface area (TPSA) is 84.3 Å². The Morgan fingerprint density at radius 2 is 1.60 bits per heavy atom. The van der Waals surface area contributed by atoms with Crippen molar-refractivity contribution in [2.24, 2.45) is 7.05 Å². The number of fused-ring (bicyclic) bond motifs is 1. The first-order valence-corrected chi connectivity index (χ1v) is 14.4. The van der Waals surface area contributed by atoms with Crippen molar-refractivity contribution >= 4 is 29.1 Å². The van der Waals surface area contributed by atoms with E-state index in [2.05, 4.69) is 10.4 Å². The van der Waals surface area contributed by atoms with Gasteiger partial charge in [0.1, 0.15) is 0 Å². The summed E-state index contributed by atoms with van der Waals surface area (Å²) in [4.78, 5) is 42.2. The number of thiophene rings is 1. The number of nitrogens with one attached hydrogen (secondary N) is 1. The molecule has 2 aromatic heterocycles. The van der Waals surface area contributed by atoms with Crippen molar-refractivity contribution < 1.29 is 27.6 Å². The van der Waals surface area contributed by atoms with Crippen LogP contribution in [0.4, 0.5) is 13.2 Å². The van der Waals surface area contributed by atoms with Gasteiger partial charge in [0.2, 0.25) is 0 Å². The third-order valence-electron chi connectivity index (χ3n) is 7.41. The Hall–Kier alpha value is -4.25. The Morgan fingerprint density at radius 3 is 2.21 bits per heavy atom. The highest BCUT2D eigenvalue weighted by molar-refractivity contribution is 7.14. The van der Waals surface area contributed by atoms with Gasteiger partial charge in [0.05, 0.1) is 39.5 Å². The van der Waals surface area contributed by atoms with Crippen LogP contribution in [0.1, 0.15) is 65.8 Å². The van der Waals surface area contributed by atoms with Gasteiger partial charge in [0, 0.05) is 24.0 Å². The number of carbonyl (C=O) groups excluding carboxylic acids is 3. The van der Waals surface area contributed by atoms with Crippen LogP contribution >= 0.6 is 11.3 Å². The van der Waals surface area contributed by atoms with E-state index in [1.807, 2.05) is 20.9 Å². The van der Waals surface area contributed by atoms with E-state index in [1.54, 1.807) is 29.1 Å². The second kappa shape index (κ2) is 11.6. The Bertz CT molecular complexity index is 1640. The van der Waals surface area contributed by atoms with Gasteiger partial charge < -0.3 is 5.32 Å². The lowest BCUT2D eigenvalue weighted by Gasteiger charge is -2.25. The van der Waals surface area contributed by atoms with Crippen LogP contribution < -0.4 is 5.32 Å². The zero-order valence-electron chi connectivity index (χ0n) is 23.3. The maximum absolute atomic E-state index is 13.8. The second-order valence-corrected chi connectivity index (χ2v) is 11.2. The smallest absolute Gasteiger partial charge is 0.346 e. The summed E-state index contributed by atoms with van der Waals surface area (Å²) in [5.41, 5.74) is 2.39. The number of carbonyl (C=O) groups is 3. The molecule has 0 bridgehead atoms. The van der Waals surface area contributed by atoms with Crippen molar-refractivity contribution in [3.8, 4) is 11.3 Å². The molecule has 0 radical (unpaired) electrons. The van der Waals surface area contributed by atoms with Crippen molar-refractivity contribution in [1.29, 1.82) is 0 Å². The van der Waals surface area contributed by atoms with Gasteiger partial charge >= 0.3 is 6.18 Å². The van der Waals surface area contributed by atoms with Crippen molar-refractivity contribution in [2.45, 2.75) is 45.3 Å². The normalized spacial score (nSPS) is 13.9. The first-order chi connectivity index (χ1) is 20.0. The summed E-state index contributed by atoms with van der Waals surface area (Å²) >= 11 is 1.30. The van der Waals surface area contributed by atoms with Crippen LogP contribution in [0, 0.1) is 0 Å². The molecule has 0 aliphatic carbocycles. The third-order valence-corrected chi connectivity index (χ3v) is 8.69. The Balaban J connectivity index is 1.48. The molecule has 0 fully saturated rings. The summed E-state index contributed by atoms with van der Waals surface area (Å²) in [6, 6.07) is 12.2. The number of aromatic nitrogens is 2. The van der Waals surface area contributed by atoms with Gasteiger partial charge in [-0.05, 0) is 54.7 Å². The summed E-state index contributed by atoms with van der Waals surface area (Å²) in [7, 11) is 1.83. The van der Waals surface area contributed by atoms with Gasteiger partial charge in [-0.25, -0.2) is 0 Å². The number of hydrogen-bond acceptors (Lipinski definition) is 5. The molecular formula is C31H29F3N4O3S. The highest BCUT2D eigenvalue weighted by atomic mass is 32.1. The number of halogens is 3. The van der Waals surface area contributed by atoms with E-state index in [9.17, 15) is 27.6 Å². The molecule has 3 heterocycles. The zero-order valence-corrected chi connectivity index (χ0v) is 24.1. The summed E-state index contributed by atoms with van der Waals surface area (Å²) in [5, 5.41) is 7.21. The largest absolute Gasteiger partial charge is 0.416 e. The fraction of sp³-hybridized carbons (Fsp3) is 0.290. The molecule has 1 aliphatic rings. The minimum Gasteiger partial charge on any atom is -0.346 e. The van der Waals surface area contributed by atoms with Crippen molar-refractivity contribution in [1.82, 2.24) is 20.0 Å².